The third-order valence-corrected chi connectivity index (χ3v) is 7.43. The number of carbonyl (C=O) groups is 2. The second-order valence-corrected chi connectivity index (χ2v) is 10.2. The molecule has 178 valence electrons. The Balaban J connectivity index is 1.31. The second-order valence-electron chi connectivity index (χ2n) is 9.26. The molecule has 34 heavy (non-hydrogen) atoms. The molecule has 0 radical (unpaired) electrons. The summed E-state index contributed by atoms with van der Waals surface area (Å²) in [6.45, 7) is 5.14. The van der Waals surface area contributed by atoms with Gasteiger partial charge in [-0.3, -0.25) is 19.0 Å². The Hall–Kier alpha value is -3.27. The van der Waals surface area contributed by atoms with Crippen molar-refractivity contribution in [3.05, 3.63) is 46.0 Å². The molecular weight excluding hydrogens is 452 g/mol. The lowest BCUT2D eigenvalue weighted by Gasteiger charge is -2.31. The van der Waals surface area contributed by atoms with Crippen LogP contribution in [0.4, 0.5) is 10.8 Å². The predicted molar refractivity (Wildman–Crippen MR) is 132 cm³/mol. The quantitative estimate of drug-likeness (QED) is 0.561. The van der Waals surface area contributed by atoms with Gasteiger partial charge in [0.15, 0.2) is 10.8 Å². The highest BCUT2D eigenvalue weighted by molar-refractivity contribution is 7.22. The van der Waals surface area contributed by atoms with Crippen LogP contribution in [0.3, 0.4) is 0 Å². The van der Waals surface area contributed by atoms with Crippen LogP contribution in [0.2, 0.25) is 0 Å². The Kier molecular flexibility index (Phi) is 6.07. The van der Waals surface area contributed by atoms with Gasteiger partial charge in [-0.15, -0.1) is 0 Å². The van der Waals surface area contributed by atoms with Crippen LogP contribution in [0, 0.1) is 19.8 Å². The summed E-state index contributed by atoms with van der Waals surface area (Å²) in [7, 11) is 0. The minimum absolute atomic E-state index is 0.0697. The standard InChI is InChI=1S/C24H28N6O3S/c1-14-5-6-15(2)18(10-14)27-19(31)12-30-13-25-21-20(23(30)33)34-24(28-21)29-9-3-4-16(11-29)22(32)26-17-7-8-17/h5-6,10,13,16-17H,3-4,7-9,11-12H2,1-2H3,(H,26,32)(H,27,31). The first-order chi connectivity index (χ1) is 16.4. The minimum atomic E-state index is -0.290. The van der Waals surface area contributed by atoms with Gasteiger partial charge in [-0.2, -0.15) is 4.98 Å². The molecule has 9 nitrogen and oxygen atoms in total. The maximum atomic E-state index is 13.1. The fourth-order valence-electron chi connectivity index (χ4n) is 4.21. The number of carbonyl (C=O) groups excluding carboxylic acids is 2. The fraction of sp³-hybridized carbons (Fsp3) is 0.458. The number of fused-ring (bicyclic) bond motifs is 1. The number of aryl methyl sites for hydroxylation is 2. The van der Waals surface area contributed by atoms with Crippen LogP contribution >= 0.6 is 11.3 Å². The van der Waals surface area contributed by atoms with E-state index in [4.69, 9.17) is 0 Å². The van der Waals surface area contributed by atoms with Crippen molar-refractivity contribution < 1.29 is 9.59 Å². The van der Waals surface area contributed by atoms with Crippen LogP contribution in [0.5, 0.6) is 0 Å². The summed E-state index contributed by atoms with van der Waals surface area (Å²) in [5, 5.41) is 6.67. The summed E-state index contributed by atoms with van der Waals surface area (Å²) in [6, 6.07) is 6.19. The molecule has 1 aliphatic heterocycles. The molecule has 1 atom stereocenters. The minimum Gasteiger partial charge on any atom is -0.353 e. The van der Waals surface area contributed by atoms with E-state index in [1.165, 1.54) is 22.2 Å². The molecule has 2 amide bonds. The van der Waals surface area contributed by atoms with Gasteiger partial charge in [0.05, 0.1) is 5.92 Å². The van der Waals surface area contributed by atoms with Crippen molar-refractivity contribution in [2.24, 2.45) is 5.92 Å². The maximum Gasteiger partial charge on any atom is 0.273 e. The molecule has 10 heteroatoms. The Morgan fingerprint density at radius 3 is 2.82 bits per heavy atom. The van der Waals surface area contributed by atoms with Crippen molar-refractivity contribution >= 4 is 44.3 Å². The number of nitrogens with one attached hydrogen (secondary N) is 2. The first-order valence-corrected chi connectivity index (χ1v) is 12.5. The van der Waals surface area contributed by atoms with Gasteiger partial charge in [0.25, 0.3) is 5.56 Å². The number of nitrogens with zero attached hydrogens (tertiary/aromatic N) is 4. The zero-order chi connectivity index (χ0) is 23.8. The van der Waals surface area contributed by atoms with Gasteiger partial charge in [0.2, 0.25) is 11.8 Å². The van der Waals surface area contributed by atoms with Crippen LogP contribution in [0.1, 0.15) is 36.8 Å². The predicted octanol–water partition coefficient (Wildman–Crippen LogP) is 2.60. The van der Waals surface area contributed by atoms with E-state index in [-0.39, 0.29) is 29.8 Å². The number of hydrogen-bond donors (Lipinski definition) is 2. The van der Waals surface area contributed by atoms with Crippen molar-refractivity contribution in [3.63, 3.8) is 0 Å². The number of piperidine rings is 1. The first-order valence-electron chi connectivity index (χ1n) is 11.7. The highest BCUT2D eigenvalue weighted by Gasteiger charge is 2.31. The normalized spacial score (nSPS) is 18.2. The highest BCUT2D eigenvalue weighted by atomic mass is 32.1. The van der Waals surface area contributed by atoms with Gasteiger partial charge in [-0.05, 0) is 56.7 Å². The van der Waals surface area contributed by atoms with Crippen molar-refractivity contribution in [1.82, 2.24) is 19.9 Å². The zero-order valence-corrected chi connectivity index (χ0v) is 20.2. The first kappa shape index (κ1) is 22.5. The van der Waals surface area contributed by atoms with Gasteiger partial charge in [-0.25, -0.2) is 4.98 Å². The van der Waals surface area contributed by atoms with Crippen molar-refractivity contribution in [2.45, 2.75) is 52.1 Å². The largest absolute Gasteiger partial charge is 0.353 e. The zero-order valence-electron chi connectivity index (χ0n) is 19.3. The van der Waals surface area contributed by atoms with Gasteiger partial charge in [0, 0.05) is 24.8 Å². The molecule has 1 unspecified atom stereocenters. The molecule has 1 aromatic carbocycles. The molecule has 0 bridgehead atoms. The number of thiazole rings is 1. The van der Waals surface area contributed by atoms with Crippen LogP contribution < -0.4 is 21.1 Å². The van der Waals surface area contributed by atoms with E-state index >= 15 is 0 Å². The number of rotatable bonds is 6. The molecular formula is C24H28N6O3S. The molecule has 2 N–H and O–H groups in total. The lowest BCUT2D eigenvalue weighted by Crippen LogP contribution is -2.43. The number of hydrogen-bond acceptors (Lipinski definition) is 7. The highest BCUT2D eigenvalue weighted by Crippen LogP contribution is 2.30. The number of aromatic nitrogens is 3. The van der Waals surface area contributed by atoms with Gasteiger partial charge in [-0.1, -0.05) is 23.5 Å². The van der Waals surface area contributed by atoms with Gasteiger partial charge >= 0.3 is 0 Å². The number of benzene rings is 1. The summed E-state index contributed by atoms with van der Waals surface area (Å²) in [5.41, 5.74) is 2.82. The van der Waals surface area contributed by atoms with E-state index in [9.17, 15) is 14.4 Å². The van der Waals surface area contributed by atoms with Gasteiger partial charge in [0.1, 0.15) is 17.6 Å². The molecule has 1 aliphatic carbocycles. The lowest BCUT2D eigenvalue weighted by molar-refractivity contribution is -0.125. The van der Waals surface area contributed by atoms with Crippen molar-refractivity contribution in [1.29, 1.82) is 0 Å². The van der Waals surface area contributed by atoms with E-state index in [1.807, 2.05) is 32.0 Å². The topological polar surface area (TPSA) is 109 Å². The molecule has 0 spiro atoms. The van der Waals surface area contributed by atoms with E-state index in [2.05, 4.69) is 25.5 Å². The summed E-state index contributed by atoms with van der Waals surface area (Å²) < 4.78 is 1.73. The molecule has 2 aliphatic rings. The smallest absolute Gasteiger partial charge is 0.273 e. The van der Waals surface area contributed by atoms with Crippen LogP contribution in [-0.2, 0) is 16.1 Å². The van der Waals surface area contributed by atoms with Crippen molar-refractivity contribution in [2.75, 3.05) is 23.3 Å². The number of anilines is 2. The summed E-state index contributed by atoms with van der Waals surface area (Å²) in [5.74, 6) is -0.245. The monoisotopic (exact) mass is 480 g/mol. The summed E-state index contributed by atoms with van der Waals surface area (Å²) in [6.07, 6.45) is 5.27. The Morgan fingerprint density at radius 1 is 1.21 bits per heavy atom. The summed E-state index contributed by atoms with van der Waals surface area (Å²) in [4.78, 5) is 49.1. The van der Waals surface area contributed by atoms with Crippen molar-refractivity contribution in [3.8, 4) is 0 Å². The molecule has 2 fully saturated rings. The molecule has 3 aromatic rings. The molecule has 5 rings (SSSR count). The van der Waals surface area contributed by atoms with E-state index in [0.29, 0.717) is 28.1 Å². The Bertz CT molecular complexity index is 1310. The second kappa shape index (κ2) is 9.17. The third kappa shape index (κ3) is 4.82. The molecule has 2 aromatic heterocycles. The molecule has 3 heterocycles. The number of amides is 2. The molecule has 1 saturated carbocycles. The average molecular weight is 481 g/mol. The molecule has 1 saturated heterocycles. The van der Waals surface area contributed by atoms with Crippen LogP contribution in [0.15, 0.2) is 29.3 Å². The lowest BCUT2D eigenvalue weighted by atomic mass is 9.97. The van der Waals surface area contributed by atoms with E-state index < -0.39 is 0 Å². The van der Waals surface area contributed by atoms with E-state index in [1.54, 1.807) is 0 Å². The summed E-state index contributed by atoms with van der Waals surface area (Å²) >= 11 is 1.28. The Morgan fingerprint density at radius 2 is 2.03 bits per heavy atom. The third-order valence-electron chi connectivity index (χ3n) is 6.34. The van der Waals surface area contributed by atoms with Crippen LogP contribution in [-0.4, -0.2) is 45.5 Å². The maximum absolute atomic E-state index is 13.1. The van der Waals surface area contributed by atoms with Crippen LogP contribution in [0.25, 0.3) is 10.3 Å². The fourth-order valence-corrected chi connectivity index (χ4v) is 5.21. The SMILES string of the molecule is Cc1ccc(C)c(NC(=O)Cn2cnc3nc(N4CCCC(C(=O)NC5CC5)C4)sc3c2=O)c1. The Labute approximate surface area is 201 Å². The van der Waals surface area contributed by atoms with E-state index in [0.717, 1.165) is 49.0 Å². The van der Waals surface area contributed by atoms with Gasteiger partial charge < -0.3 is 15.5 Å². The average Bonchev–Trinajstić information content (AvgIpc) is 3.52.